The van der Waals surface area contributed by atoms with Gasteiger partial charge in [0.05, 0.1) is 22.2 Å². The highest BCUT2D eigenvalue weighted by molar-refractivity contribution is 6.12. The maximum atomic E-state index is 5.21. The molecule has 0 saturated carbocycles. The van der Waals surface area contributed by atoms with E-state index >= 15 is 0 Å². The summed E-state index contributed by atoms with van der Waals surface area (Å²) in [7, 11) is 0. The Kier molecular flexibility index (Phi) is 6.18. The Morgan fingerprint density at radius 1 is 0.469 bits per heavy atom. The molecule has 0 saturated heterocycles. The van der Waals surface area contributed by atoms with E-state index in [0.717, 1.165) is 34.3 Å². The molecule has 1 aliphatic carbocycles. The quantitative estimate of drug-likeness (QED) is 0.195. The predicted molar refractivity (Wildman–Crippen MR) is 200 cm³/mol. The molecule has 0 fully saturated rings. The molecule has 0 amide bonds. The first-order valence-electron chi connectivity index (χ1n) is 16.6. The Balaban J connectivity index is 1.33. The Hall–Kier alpha value is -6.59. The average Bonchev–Trinajstić information content (AvgIpc) is 3.61. The van der Waals surface area contributed by atoms with Crippen LogP contribution in [0.25, 0.3) is 84.5 Å². The lowest BCUT2D eigenvalue weighted by Crippen LogP contribution is -2.08. The first-order chi connectivity index (χ1) is 24.3. The third kappa shape index (κ3) is 4.29. The van der Waals surface area contributed by atoms with Crippen molar-refractivity contribution in [2.45, 2.75) is 6.42 Å². The topological polar surface area (TPSA) is 48.5 Å². The smallest absolute Gasteiger partial charge is 0.238 e. The maximum Gasteiger partial charge on any atom is 0.238 e. The largest absolute Gasteiger partial charge is 0.309 e. The van der Waals surface area contributed by atoms with E-state index in [0.29, 0.717) is 17.6 Å². The van der Waals surface area contributed by atoms with Crippen molar-refractivity contribution < 1.29 is 0 Å². The van der Waals surface area contributed by atoms with Gasteiger partial charge >= 0.3 is 0 Å². The van der Waals surface area contributed by atoms with Crippen molar-refractivity contribution in [2.75, 3.05) is 0 Å². The van der Waals surface area contributed by atoms with Crippen LogP contribution in [0.1, 0.15) is 11.1 Å². The molecular weight excluding hydrogens is 599 g/mol. The lowest BCUT2D eigenvalue weighted by Gasteiger charge is -2.17. The molecule has 3 aromatic heterocycles. The molecule has 10 rings (SSSR count). The van der Waals surface area contributed by atoms with E-state index in [4.69, 9.17) is 15.0 Å². The summed E-state index contributed by atoms with van der Waals surface area (Å²) in [5.41, 5.74) is 11.3. The van der Waals surface area contributed by atoms with Crippen LogP contribution in [0.5, 0.6) is 0 Å². The van der Waals surface area contributed by atoms with Crippen LogP contribution in [0.3, 0.4) is 0 Å². The molecule has 0 atom stereocenters. The molecule has 3 heterocycles. The number of rotatable bonds is 4. The summed E-state index contributed by atoms with van der Waals surface area (Å²) in [6.07, 6.45) is 5.38. The van der Waals surface area contributed by atoms with Crippen LogP contribution in [0, 0.1) is 0 Å². The highest BCUT2D eigenvalue weighted by Gasteiger charge is 2.26. The molecule has 9 aromatic rings. The van der Waals surface area contributed by atoms with E-state index in [-0.39, 0.29) is 0 Å². The summed E-state index contributed by atoms with van der Waals surface area (Å²) in [5, 5.41) is 3.58. The third-order valence-corrected chi connectivity index (χ3v) is 9.62. The van der Waals surface area contributed by atoms with Crippen molar-refractivity contribution in [3.05, 3.63) is 169 Å². The summed E-state index contributed by atoms with van der Waals surface area (Å²) in [6.45, 7) is 0. The van der Waals surface area contributed by atoms with E-state index < -0.39 is 0 Å². The minimum Gasteiger partial charge on any atom is -0.309 e. The highest BCUT2D eigenvalue weighted by Crippen LogP contribution is 2.44. The van der Waals surface area contributed by atoms with E-state index in [9.17, 15) is 0 Å². The minimum absolute atomic E-state index is 0.601. The summed E-state index contributed by atoms with van der Waals surface area (Å²) in [6, 6.07) is 52.9. The molecule has 6 aromatic carbocycles. The molecule has 0 bridgehead atoms. The van der Waals surface area contributed by atoms with Crippen molar-refractivity contribution in [1.29, 1.82) is 0 Å². The van der Waals surface area contributed by atoms with Crippen LogP contribution >= 0.6 is 0 Å². The van der Waals surface area contributed by atoms with Gasteiger partial charge in [0.1, 0.15) is 0 Å². The zero-order chi connectivity index (χ0) is 32.3. The molecule has 0 radical (unpaired) electrons. The van der Waals surface area contributed by atoms with Crippen molar-refractivity contribution >= 4 is 38.8 Å². The van der Waals surface area contributed by atoms with Gasteiger partial charge in [-0.2, -0.15) is 9.97 Å². The minimum atomic E-state index is 0.601. The number of para-hydroxylation sites is 3. The molecule has 1 aliphatic rings. The van der Waals surface area contributed by atoms with Crippen LogP contribution in [-0.2, 0) is 6.42 Å². The second-order valence-corrected chi connectivity index (χ2v) is 12.4. The Morgan fingerprint density at radius 3 is 1.71 bits per heavy atom. The molecule has 230 valence electrons. The monoisotopic (exact) mass is 627 g/mol. The molecule has 5 heteroatoms. The maximum absolute atomic E-state index is 5.21. The van der Waals surface area contributed by atoms with Crippen LogP contribution in [0.2, 0.25) is 0 Å². The highest BCUT2D eigenvalue weighted by atomic mass is 15.2. The van der Waals surface area contributed by atoms with E-state index in [1.807, 2.05) is 36.4 Å². The fourth-order valence-corrected chi connectivity index (χ4v) is 7.50. The fourth-order valence-electron chi connectivity index (χ4n) is 7.50. The number of hydrogen-bond donors (Lipinski definition) is 0. The van der Waals surface area contributed by atoms with Gasteiger partial charge in [0.25, 0.3) is 0 Å². The van der Waals surface area contributed by atoms with Gasteiger partial charge in [0.15, 0.2) is 11.6 Å². The Labute approximate surface area is 283 Å². The number of fused-ring (bicyclic) bond motifs is 9. The van der Waals surface area contributed by atoms with Crippen molar-refractivity contribution in [3.63, 3.8) is 0 Å². The second kappa shape index (κ2) is 11.0. The van der Waals surface area contributed by atoms with Gasteiger partial charge in [-0.05, 0) is 36.2 Å². The molecular formula is C44H29N5. The zero-order valence-corrected chi connectivity index (χ0v) is 26.5. The fraction of sp³-hybridized carbons (Fsp3) is 0.0227. The summed E-state index contributed by atoms with van der Waals surface area (Å²) < 4.78 is 4.68. The molecule has 5 nitrogen and oxygen atoms in total. The number of benzene rings is 6. The van der Waals surface area contributed by atoms with Crippen molar-refractivity contribution in [1.82, 2.24) is 24.1 Å². The van der Waals surface area contributed by atoms with Crippen molar-refractivity contribution in [3.8, 4) is 45.7 Å². The lowest BCUT2D eigenvalue weighted by atomic mass is 9.97. The summed E-state index contributed by atoms with van der Waals surface area (Å²) >= 11 is 0. The second-order valence-electron chi connectivity index (χ2n) is 12.4. The zero-order valence-electron chi connectivity index (χ0n) is 26.5. The van der Waals surface area contributed by atoms with Crippen molar-refractivity contribution in [2.24, 2.45) is 0 Å². The first-order valence-corrected chi connectivity index (χ1v) is 16.6. The van der Waals surface area contributed by atoms with Gasteiger partial charge in [-0.15, -0.1) is 0 Å². The normalized spacial score (nSPS) is 12.3. The van der Waals surface area contributed by atoms with Gasteiger partial charge in [-0.25, -0.2) is 4.98 Å². The Morgan fingerprint density at radius 2 is 1.04 bits per heavy atom. The lowest BCUT2D eigenvalue weighted by molar-refractivity contribution is 0.949. The van der Waals surface area contributed by atoms with Crippen LogP contribution in [0.4, 0.5) is 0 Å². The number of nitrogens with zero attached hydrogens (tertiary/aromatic N) is 5. The molecule has 0 unspecified atom stereocenters. The number of hydrogen-bond acceptors (Lipinski definition) is 3. The molecule has 0 spiro atoms. The molecule has 0 aliphatic heterocycles. The third-order valence-electron chi connectivity index (χ3n) is 9.62. The van der Waals surface area contributed by atoms with Gasteiger partial charge in [0.2, 0.25) is 5.95 Å². The summed E-state index contributed by atoms with van der Waals surface area (Å²) in [4.78, 5) is 15.4. The SMILES string of the molecule is C1=Cc2c(n(-c3ccccc3)c3ccccc23)-c2ccc3c4ccccc4n(-c4nc(-c5ccccc5)nc(-c5ccccc5)n4)c3c2C1. The standard InChI is InChI=1S/C44H29N5/c1-4-15-29(16-5-1)42-45-43(30-17-6-2-7-18-30)47-44(46-42)49-39-26-13-11-22-33(39)36-27-28-37-35(41(36)49)24-14-23-34-32-21-10-12-25-38(32)48(40(34)37)31-19-8-3-9-20-31/h1-23,25-28H,24H2. The van der Waals surface area contributed by atoms with Crippen LogP contribution in [0.15, 0.2) is 158 Å². The van der Waals surface area contributed by atoms with E-state index in [2.05, 4.69) is 137 Å². The van der Waals surface area contributed by atoms with Gasteiger partial charge in [-0.3, -0.25) is 4.57 Å². The number of allylic oxidation sites excluding steroid dienone is 1. The molecule has 0 N–H and O–H groups in total. The van der Waals surface area contributed by atoms with Gasteiger partial charge in [-0.1, -0.05) is 140 Å². The van der Waals surface area contributed by atoms with Crippen LogP contribution in [-0.4, -0.2) is 24.1 Å². The summed E-state index contributed by atoms with van der Waals surface area (Å²) in [5.74, 6) is 1.89. The van der Waals surface area contributed by atoms with Gasteiger partial charge < -0.3 is 4.57 Å². The van der Waals surface area contributed by atoms with Crippen LogP contribution < -0.4 is 0 Å². The van der Waals surface area contributed by atoms with E-state index in [1.165, 1.54) is 44.1 Å². The predicted octanol–water partition coefficient (Wildman–Crippen LogP) is 10.5. The number of aromatic nitrogens is 5. The molecule has 49 heavy (non-hydrogen) atoms. The van der Waals surface area contributed by atoms with Gasteiger partial charge in [0, 0.05) is 44.1 Å². The Bertz CT molecular complexity index is 2660. The average molecular weight is 628 g/mol. The van der Waals surface area contributed by atoms with E-state index in [1.54, 1.807) is 0 Å². The first kappa shape index (κ1) is 27.5.